The molecule has 0 radical (unpaired) electrons. The van der Waals surface area contributed by atoms with E-state index in [0.717, 1.165) is 11.0 Å². The molecule has 0 saturated carbocycles. The maximum absolute atomic E-state index is 15.3. The van der Waals surface area contributed by atoms with E-state index in [0.29, 0.717) is 38.9 Å². The number of carbonyl (C=O) groups is 7. The van der Waals surface area contributed by atoms with Crippen molar-refractivity contribution in [1.29, 1.82) is 0 Å². The van der Waals surface area contributed by atoms with Crippen molar-refractivity contribution in [2.75, 3.05) is 53.7 Å². The molecule has 10 atom stereocenters. The second-order valence-electron chi connectivity index (χ2n) is 23.4. The molecule has 82 heavy (non-hydrogen) atoms. The highest BCUT2D eigenvalue weighted by Crippen LogP contribution is 2.41. The third kappa shape index (κ3) is 16.4. The number of fused-ring (bicyclic) bond motifs is 1. The smallest absolute Gasteiger partial charge is 0.410 e. The number of hydrogen-bond acceptors (Lipinski definition) is 15. The lowest BCUT2D eigenvalue weighted by Crippen LogP contribution is -2.59. The molecule has 3 heterocycles. The number of H-pyrrole nitrogens is 1. The Bertz CT molecular complexity index is 2850. The van der Waals surface area contributed by atoms with Gasteiger partial charge >= 0.3 is 24.1 Å². The van der Waals surface area contributed by atoms with E-state index < -0.39 is 119 Å². The molecule has 2 aromatic carbocycles. The number of likely N-dealkylation sites (tertiary alicyclic amines) is 2. The van der Waals surface area contributed by atoms with Crippen LogP contribution in [0, 0.1) is 11.6 Å². The lowest BCUT2D eigenvalue weighted by atomic mass is 9.88. The average molecular weight is 1150 g/mol. The lowest BCUT2D eigenvalue weighted by Gasteiger charge is -2.35. The third-order valence-corrected chi connectivity index (χ3v) is 15.2. The summed E-state index contributed by atoms with van der Waals surface area (Å²) in [6.07, 6.45) is -4.21. The number of aromatic amines is 1. The van der Waals surface area contributed by atoms with Crippen LogP contribution in [0.5, 0.6) is 0 Å². The lowest BCUT2D eigenvalue weighted by molar-refractivity contribution is -0.150. The van der Waals surface area contributed by atoms with Gasteiger partial charge < -0.3 is 64.5 Å². The Morgan fingerprint density at radius 3 is 1.77 bits per heavy atom. The van der Waals surface area contributed by atoms with Crippen molar-refractivity contribution in [3.63, 3.8) is 0 Å². The average Bonchev–Trinajstić information content (AvgIpc) is 4.31. The largest absolute Gasteiger partial charge is 0.460 e. The second-order valence-corrected chi connectivity index (χ2v) is 23.4. The zero-order valence-electron chi connectivity index (χ0n) is 50.6. The van der Waals surface area contributed by atoms with Crippen LogP contribution in [0.15, 0.2) is 36.4 Å². The molecule has 23 heteroatoms. The van der Waals surface area contributed by atoms with Crippen LogP contribution in [0.25, 0.3) is 22.0 Å². The molecule has 454 valence electrons. The Kier molecular flexibility index (Phi) is 22.1. The van der Waals surface area contributed by atoms with E-state index in [2.05, 4.69) is 15.6 Å². The Labute approximate surface area is 480 Å². The molecule has 3 aromatic rings. The van der Waals surface area contributed by atoms with Crippen molar-refractivity contribution < 1.29 is 70.8 Å². The van der Waals surface area contributed by atoms with E-state index >= 15 is 18.4 Å². The van der Waals surface area contributed by atoms with Gasteiger partial charge in [-0.15, -0.1) is 0 Å². The third-order valence-electron chi connectivity index (χ3n) is 15.2. The van der Waals surface area contributed by atoms with Gasteiger partial charge in [0.1, 0.15) is 53.2 Å². The Hall–Kier alpha value is -6.85. The van der Waals surface area contributed by atoms with Crippen molar-refractivity contribution in [2.45, 2.75) is 188 Å². The van der Waals surface area contributed by atoms with Crippen molar-refractivity contribution in [1.82, 2.24) is 35.2 Å². The van der Waals surface area contributed by atoms with Crippen molar-refractivity contribution >= 4 is 69.6 Å². The number of rotatable bonds is 21. The van der Waals surface area contributed by atoms with Crippen molar-refractivity contribution in [2.24, 2.45) is 0 Å². The molecular weight excluding hydrogens is 1070 g/mol. The monoisotopic (exact) mass is 1150 g/mol. The number of benzene rings is 2. The van der Waals surface area contributed by atoms with E-state index in [-0.39, 0.29) is 56.9 Å². The van der Waals surface area contributed by atoms with Gasteiger partial charge in [0, 0.05) is 109 Å². The number of allylic oxidation sites excluding steroid dienone is 1. The number of nitrogens with two attached hydrogens (primary N) is 1. The zero-order valence-corrected chi connectivity index (χ0v) is 50.6. The van der Waals surface area contributed by atoms with Gasteiger partial charge in [-0.05, 0) is 142 Å². The highest BCUT2D eigenvalue weighted by atomic mass is 19.1. The number of ether oxygens (including phenoxy) is 6. The number of nitrogen functional groups attached to an aromatic ring is 1. The minimum atomic E-state index is -1.32. The predicted octanol–water partition coefficient (Wildman–Crippen LogP) is 6.98. The van der Waals surface area contributed by atoms with Gasteiger partial charge in [0.25, 0.3) is 0 Å². The van der Waals surface area contributed by atoms with Crippen LogP contribution in [0.2, 0.25) is 0 Å². The van der Waals surface area contributed by atoms with E-state index in [4.69, 9.17) is 34.2 Å². The summed E-state index contributed by atoms with van der Waals surface area (Å²) >= 11 is 0. The molecule has 0 aliphatic carbocycles. The summed E-state index contributed by atoms with van der Waals surface area (Å²) in [5.41, 5.74) is 7.85. The highest BCUT2D eigenvalue weighted by Gasteiger charge is 2.46. The second kappa shape index (κ2) is 27.5. The summed E-state index contributed by atoms with van der Waals surface area (Å²) in [5.74, 6) is -4.03. The quantitative estimate of drug-likeness (QED) is 0.0477. The number of aromatic nitrogens is 1. The zero-order chi connectivity index (χ0) is 61.5. The van der Waals surface area contributed by atoms with Gasteiger partial charge in [-0.25, -0.2) is 18.4 Å². The van der Waals surface area contributed by atoms with Gasteiger partial charge in [0.05, 0.1) is 24.3 Å². The molecule has 2 fully saturated rings. The molecule has 21 nitrogen and oxygen atoms in total. The maximum atomic E-state index is 15.3. The standard InChI is InChI=1S/C59H86F2N8O13/c1-31(66(14)56(75)81-58(8,9)10)30-63-51(34(4)77-16)54(73)68-24-22-49(80-37(7)71)47(68)29-43-41-21-19-39(61)27-45(41)64-50(43)32(2)42(40-20-18-38(60)26-44(40)62)28-46-48(79-36(6)70)23-25-69(46)55(74)52(35(5)78-17)65-53(72)33(3)67(15)57(76)82-59(11,12)13/h18-21,26-27,31,33-35,46-49,51-52,63-64H,22-25,28-30,62H2,1-17H3,(H,65,72)/b42-32+/t31-,33-,34+,35+,46+,47+,48-,49-,51?,52-/m0/s1. The fourth-order valence-electron chi connectivity index (χ4n) is 10.3. The first-order chi connectivity index (χ1) is 38.2. The molecule has 5 amide bonds. The van der Waals surface area contributed by atoms with Crippen LogP contribution < -0.4 is 16.4 Å². The van der Waals surface area contributed by atoms with Crippen LogP contribution in [-0.2, 0) is 58.8 Å². The highest BCUT2D eigenvalue weighted by molar-refractivity contribution is 5.99. The summed E-state index contributed by atoms with van der Waals surface area (Å²) in [5, 5.41) is 6.68. The summed E-state index contributed by atoms with van der Waals surface area (Å²) in [6, 6.07) is 2.54. The number of esters is 2. The molecule has 2 aliphatic rings. The van der Waals surface area contributed by atoms with Gasteiger partial charge in [0.2, 0.25) is 17.7 Å². The number of hydrogen-bond donors (Lipinski definition) is 4. The van der Waals surface area contributed by atoms with E-state index in [1.807, 2.05) is 6.92 Å². The summed E-state index contributed by atoms with van der Waals surface area (Å²) in [4.78, 5) is 105. The molecule has 1 unspecified atom stereocenters. The van der Waals surface area contributed by atoms with Crippen LogP contribution >= 0.6 is 0 Å². The van der Waals surface area contributed by atoms with Crippen LogP contribution in [-0.4, -0.2) is 186 Å². The molecule has 0 spiro atoms. The first-order valence-corrected chi connectivity index (χ1v) is 27.7. The molecule has 2 aliphatic heterocycles. The van der Waals surface area contributed by atoms with Gasteiger partial charge in [0.15, 0.2) is 0 Å². The summed E-state index contributed by atoms with van der Waals surface area (Å²) in [6.45, 7) is 21.7. The molecule has 0 bridgehead atoms. The van der Waals surface area contributed by atoms with Gasteiger partial charge in [-0.2, -0.15) is 0 Å². The molecular formula is C59H86F2N8O13. The summed E-state index contributed by atoms with van der Waals surface area (Å²) < 4.78 is 64.8. The summed E-state index contributed by atoms with van der Waals surface area (Å²) in [7, 11) is 5.86. The van der Waals surface area contributed by atoms with E-state index in [1.165, 1.54) is 76.1 Å². The van der Waals surface area contributed by atoms with Crippen LogP contribution in [0.3, 0.4) is 0 Å². The number of nitrogens with one attached hydrogen (secondary N) is 3. The Balaban J connectivity index is 1.64. The number of anilines is 1. The minimum Gasteiger partial charge on any atom is -0.460 e. The number of nitrogens with zero attached hydrogens (tertiary/aromatic N) is 4. The van der Waals surface area contributed by atoms with Crippen LogP contribution in [0.1, 0.15) is 126 Å². The Morgan fingerprint density at radius 2 is 1.23 bits per heavy atom. The van der Waals surface area contributed by atoms with E-state index in [1.54, 1.807) is 80.3 Å². The normalized spacial score (nSPS) is 20.0. The number of carbonyl (C=O) groups excluding carboxylic acids is 7. The molecule has 1 aromatic heterocycles. The Morgan fingerprint density at radius 1 is 0.732 bits per heavy atom. The van der Waals surface area contributed by atoms with Gasteiger partial charge in [-0.1, -0.05) is 0 Å². The maximum Gasteiger partial charge on any atom is 0.410 e. The molecule has 5 rings (SSSR count). The number of likely N-dealkylation sites (N-methyl/N-ethyl adjacent to an activating group) is 2. The van der Waals surface area contributed by atoms with E-state index in [9.17, 15) is 24.0 Å². The number of amides is 5. The van der Waals surface area contributed by atoms with Crippen molar-refractivity contribution in [3.05, 3.63) is 64.9 Å². The first-order valence-electron chi connectivity index (χ1n) is 27.7. The fourth-order valence-corrected chi connectivity index (χ4v) is 10.3. The minimum absolute atomic E-state index is 0.0269. The van der Waals surface area contributed by atoms with Crippen molar-refractivity contribution in [3.8, 4) is 0 Å². The number of methoxy groups -OCH3 is 2. The molecule has 5 N–H and O–H groups in total. The molecule has 2 saturated heterocycles. The fraction of sp³-hybridized carbons (Fsp3) is 0.610. The SMILES string of the molecule is CO[C@H](C)C(NC[C@H](C)N(C)C(=O)OC(C)(C)C)C(=O)N1CC[C@H](OC(C)=O)[C@H]1Cc1c(/C(C)=C(\C[C@@H]2[C@@H](OC(C)=O)CCN2C(=O)[C@@H](NC(=O)[C@H](C)N(C)C(=O)OC(C)(C)C)[C@@H](C)OC)c2ccc(F)cc2N)[nH]c2cc(F)ccc12. The predicted molar refractivity (Wildman–Crippen MR) is 305 cm³/mol. The first kappa shape index (κ1) is 66.0. The number of halogens is 2. The topological polar surface area (TPSA) is 254 Å². The van der Waals surface area contributed by atoms with Crippen LogP contribution in [0.4, 0.5) is 24.1 Å². The van der Waals surface area contributed by atoms with Gasteiger partial charge in [-0.3, -0.25) is 28.9 Å².